The van der Waals surface area contributed by atoms with Gasteiger partial charge in [0.2, 0.25) is 0 Å². The maximum absolute atomic E-state index is 12.8. The Labute approximate surface area is 86.5 Å². The molecule has 0 saturated carbocycles. The van der Waals surface area contributed by atoms with E-state index in [4.69, 9.17) is 16.7 Å². The van der Waals surface area contributed by atoms with Crippen molar-refractivity contribution in [1.29, 1.82) is 0 Å². The first kappa shape index (κ1) is 9.73. The highest BCUT2D eigenvalue weighted by molar-refractivity contribution is 14.1. The van der Waals surface area contributed by atoms with Crippen LogP contribution in [0.1, 0.15) is 10.4 Å². The Kier molecular flexibility index (Phi) is 2.89. The zero-order valence-corrected chi connectivity index (χ0v) is 8.56. The molecule has 0 fully saturated rings. The van der Waals surface area contributed by atoms with Crippen LogP contribution in [0, 0.1) is 9.39 Å². The van der Waals surface area contributed by atoms with Gasteiger partial charge in [-0.15, -0.1) is 0 Å². The number of aromatic carboxylic acids is 1. The molecule has 0 radical (unpaired) electrons. The minimum atomic E-state index is -1.31. The van der Waals surface area contributed by atoms with E-state index in [2.05, 4.69) is 0 Å². The second-order valence-electron chi connectivity index (χ2n) is 2.05. The van der Waals surface area contributed by atoms with Crippen molar-refractivity contribution in [1.82, 2.24) is 0 Å². The summed E-state index contributed by atoms with van der Waals surface area (Å²) in [6.07, 6.45) is 0. The summed E-state index contributed by atoms with van der Waals surface area (Å²) in [6.45, 7) is 0. The molecule has 64 valence electrons. The molecule has 0 unspecified atom stereocenters. The van der Waals surface area contributed by atoms with Gasteiger partial charge in [0.15, 0.2) is 0 Å². The lowest BCUT2D eigenvalue weighted by atomic mass is 10.2. The van der Waals surface area contributed by atoms with Crippen LogP contribution in [0.3, 0.4) is 0 Å². The fraction of sp³-hybridized carbons (Fsp3) is 0. The van der Waals surface area contributed by atoms with Crippen LogP contribution in [0.15, 0.2) is 12.1 Å². The highest BCUT2D eigenvalue weighted by Crippen LogP contribution is 2.22. The molecule has 0 spiro atoms. The normalized spacial score (nSPS) is 9.92. The van der Waals surface area contributed by atoms with E-state index in [1.54, 1.807) is 0 Å². The van der Waals surface area contributed by atoms with Gasteiger partial charge in [0.25, 0.3) is 0 Å². The molecule has 2 nitrogen and oxygen atoms in total. The van der Waals surface area contributed by atoms with Gasteiger partial charge in [0.05, 0.1) is 10.6 Å². The van der Waals surface area contributed by atoms with Crippen molar-refractivity contribution in [2.24, 2.45) is 0 Å². The third kappa shape index (κ3) is 1.87. The average Bonchev–Trinajstić information content (AvgIpc) is 1.96. The number of carboxylic acids is 1. The molecule has 1 N–H and O–H groups in total. The van der Waals surface area contributed by atoms with Crippen LogP contribution in [0.5, 0.6) is 0 Å². The van der Waals surface area contributed by atoms with Crippen molar-refractivity contribution >= 4 is 40.2 Å². The zero-order chi connectivity index (χ0) is 9.30. The summed E-state index contributed by atoms with van der Waals surface area (Å²) >= 11 is 7.42. The fourth-order valence-electron chi connectivity index (χ4n) is 0.686. The van der Waals surface area contributed by atoms with Crippen LogP contribution in [-0.2, 0) is 0 Å². The van der Waals surface area contributed by atoms with E-state index in [9.17, 15) is 9.18 Å². The molecule has 0 amide bonds. The number of halogens is 3. The number of hydrogen-bond acceptors (Lipinski definition) is 1. The minimum absolute atomic E-state index is 0.245. The zero-order valence-electron chi connectivity index (χ0n) is 5.64. The van der Waals surface area contributed by atoms with Crippen LogP contribution >= 0.6 is 34.2 Å². The lowest BCUT2D eigenvalue weighted by Gasteiger charge is -1.99. The third-order valence-corrected chi connectivity index (χ3v) is 2.76. The van der Waals surface area contributed by atoms with E-state index in [-0.39, 0.29) is 5.02 Å². The van der Waals surface area contributed by atoms with Gasteiger partial charge in [-0.1, -0.05) is 11.6 Å². The van der Waals surface area contributed by atoms with Gasteiger partial charge in [-0.25, -0.2) is 9.18 Å². The quantitative estimate of drug-likeness (QED) is 0.639. The molecule has 1 aromatic carbocycles. The molecule has 12 heavy (non-hydrogen) atoms. The topological polar surface area (TPSA) is 37.3 Å². The molecule has 1 aromatic rings. The molecule has 0 aliphatic heterocycles. The summed E-state index contributed by atoms with van der Waals surface area (Å²) in [7, 11) is 0. The van der Waals surface area contributed by atoms with Gasteiger partial charge in [-0.05, 0) is 34.7 Å². The molecule has 0 heterocycles. The van der Waals surface area contributed by atoms with Crippen molar-refractivity contribution < 1.29 is 14.3 Å². The van der Waals surface area contributed by atoms with E-state index >= 15 is 0 Å². The predicted octanol–water partition coefficient (Wildman–Crippen LogP) is 2.78. The van der Waals surface area contributed by atoms with E-state index in [1.165, 1.54) is 0 Å². The lowest BCUT2D eigenvalue weighted by molar-refractivity contribution is 0.0692. The van der Waals surface area contributed by atoms with E-state index < -0.39 is 17.3 Å². The first-order chi connectivity index (χ1) is 5.52. The SMILES string of the molecule is O=C(O)c1cc(Cl)c(I)cc1F. The van der Waals surface area contributed by atoms with Crippen LogP contribution in [-0.4, -0.2) is 11.1 Å². The molecule has 1 rings (SSSR count). The molecule has 0 aliphatic rings. The Morgan fingerprint density at radius 1 is 1.58 bits per heavy atom. The average molecular weight is 300 g/mol. The molecular weight excluding hydrogens is 297 g/mol. The molecule has 0 saturated heterocycles. The van der Waals surface area contributed by atoms with Crippen molar-refractivity contribution in [2.45, 2.75) is 0 Å². The van der Waals surface area contributed by atoms with Gasteiger partial charge in [0.1, 0.15) is 5.82 Å². The van der Waals surface area contributed by atoms with E-state index in [0.717, 1.165) is 12.1 Å². The summed E-state index contributed by atoms with van der Waals surface area (Å²) < 4.78 is 13.3. The molecule has 5 heteroatoms. The maximum Gasteiger partial charge on any atom is 0.338 e. The Balaban J connectivity index is 3.33. The Morgan fingerprint density at radius 3 is 2.67 bits per heavy atom. The summed E-state index contributed by atoms with van der Waals surface area (Å²) in [5.74, 6) is -2.08. The van der Waals surface area contributed by atoms with Gasteiger partial charge in [-0.2, -0.15) is 0 Å². The largest absolute Gasteiger partial charge is 0.478 e. The van der Waals surface area contributed by atoms with Crippen LogP contribution in [0.2, 0.25) is 5.02 Å². The number of hydrogen-bond donors (Lipinski definition) is 1. The number of rotatable bonds is 1. The molecule has 0 atom stereocenters. The summed E-state index contributed by atoms with van der Waals surface area (Å²) in [6, 6.07) is 2.19. The van der Waals surface area contributed by atoms with Crippen LogP contribution < -0.4 is 0 Å². The summed E-state index contributed by atoms with van der Waals surface area (Å²) in [4.78, 5) is 10.4. The highest BCUT2D eigenvalue weighted by Gasteiger charge is 2.12. The molecule has 0 bridgehead atoms. The third-order valence-electron chi connectivity index (χ3n) is 1.24. The Bertz CT molecular complexity index is 340. The maximum atomic E-state index is 12.8. The number of carboxylic acid groups (broad SMARTS) is 1. The first-order valence-electron chi connectivity index (χ1n) is 2.90. The standard InChI is InChI=1S/C7H3ClFIO2/c8-4-1-3(7(11)12)5(9)2-6(4)10/h1-2H,(H,11,12). The lowest BCUT2D eigenvalue weighted by Crippen LogP contribution is -2.00. The van der Waals surface area contributed by atoms with Gasteiger partial charge >= 0.3 is 5.97 Å². The summed E-state index contributed by atoms with van der Waals surface area (Å²) in [5.41, 5.74) is -0.402. The molecular formula is C7H3ClFIO2. The van der Waals surface area contributed by atoms with Crippen molar-refractivity contribution in [2.75, 3.05) is 0 Å². The number of carbonyl (C=O) groups is 1. The van der Waals surface area contributed by atoms with Crippen molar-refractivity contribution in [3.05, 3.63) is 32.1 Å². The van der Waals surface area contributed by atoms with Crippen molar-refractivity contribution in [3.8, 4) is 0 Å². The fourth-order valence-corrected chi connectivity index (χ4v) is 1.28. The molecule has 0 aromatic heterocycles. The second kappa shape index (κ2) is 3.57. The van der Waals surface area contributed by atoms with E-state index in [0.29, 0.717) is 3.57 Å². The van der Waals surface area contributed by atoms with Crippen LogP contribution in [0.25, 0.3) is 0 Å². The highest BCUT2D eigenvalue weighted by atomic mass is 127. The van der Waals surface area contributed by atoms with Gasteiger partial charge < -0.3 is 5.11 Å². The Hall–Kier alpha value is -0.360. The van der Waals surface area contributed by atoms with Crippen LogP contribution in [0.4, 0.5) is 4.39 Å². The van der Waals surface area contributed by atoms with Crippen molar-refractivity contribution in [3.63, 3.8) is 0 Å². The first-order valence-corrected chi connectivity index (χ1v) is 4.36. The molecule has 0 aliphatic carbocycles. The predicted molar refractivity (Wildman–Crippen MR) is 51.1 cm³/mol. The smallest absolute Gasteiger partial charge is 0.338 e. The monoisotopic (exact) mass is 300 g/mol. The van der Waals surface area contributed by atoms with E-state index in [1.807, 2.05) is 22.6 Å². The number of benzene rings is 1. The van der Waals surface area contributed by atoms with Gasteiger partial charge in [-0.3, -0.25) is 0 Å². The minimum Gasteiger partial charge on any atom is -0.478 e. The Morgan fingerprint density at radius 2 is 2.17 bits per heavy atom. The second-order valence-corrected chi connectivity index (χ2v) is 3.62. The van der Waals surface area contributed by atoms with Gasteiger partial charge in [0, 0.05) is 3.57 Å². The summed E-state index contributed by atoms with van der Waals surface area (Å²) in [5, 5.41) is 8.72.